The van der Waals surface area contributed by atoms with Crippen molar-refractivity contribution in [3.63, 3.8) is 0 Å². The molecule has 0 saturated carbocycles. The number of benzene rings is 1. The molecule has 0 unspecified atom stereocenters. The smallest absolute Gasteiger partial charge is 0.407 e. The van der Waals surface area contributed by atoms with E-state index in [1.807, 2.05) is 0 Å². The number of ether oxygens (including phenoxy) is 1. The third-order valence-corrected chi connectivity index (χ3v) is 2.55. The highest BCUT2D eigenvalue weighted by Crippen LogP contribution is 2.17. The predicted octanol–water partition coefficient (Wildman–Crippen LogP) is 2.98. The van der Waals surface area contributed by atoms with Crippen LogP contribution in [0.3, 0.4) is 0 Å². The van der Waals surface area contributed by atoms with Crippen molar-refractivity contribution >= 4 is 11.8 Å². The summed E-state index contributed by atoms with van der Waals surface area (Å²) in [5.41, 5.74) is 6.84. The average Bonchev–Trinajstić information content (AvgIpc) is 2.32. The van der Waals surface area contributed by atoms with Crippen LogP contribution in [-0.2, 0) is 4.74 Å². The van der Waals surface area contributed by atoms with Crippen LogP contribution in [0.4, 0.5) is 14.9 Å². The summed E-state index contributed by atoms with van der Waals surface area (Å²) in [5.74, 6) is 5.32. The lowest BCUT2D eigenvalue weighted by Gasteiger charge is -2.19. The number of carbonyl (C=O) groups is 1. The second kappa shape index (κ2) is 6.98. The van der Waals surface area contributed by atoms with Gasteiger partial charge in [-0.15, -0.1) is 0 Å². The highest BCUT2D eigenvalue weighted by Gasteiger charge is 2.15. The molecular weight excluding hydrogens is 271 g/mol. The van der Waals surface area contributed by atoms with Gasteiger partial charge in [0.1, 0.15) is 11.4 Å². The Morgan fingerprint density at radius 3 is 2.71 bits per heavy atom. The number of halogens is 1. The van der Waals surface area contributed by atoms with E-state index in [0.717, 1.165) is 5.56 Å². The molecule has 0 atom stereocenters. The van der Waals surface area contributed by atoms with E-state index in [1.54, 1.807) is 27.7 Å². The SMILES string of the molecule is Cc1c(N)cc(F)cc1C#CCCNC(=O)OC(C)(C)C. The Labute approximate surface area is 124 Å². The van der Waals surface area contributed by atoms with Gasteiger partial charge in [-0.05, 0) is 45.4 Å². The number of alkyl carbamates (subject to hydrolysis) is 1. The molecule has 1 rings (SSSR count). The van der Waals surface area contributed by atoms with Crippen molar-refractivity contribution < 1.29 is 13.9 Å². The van der Waals surface area contributed by atoms with Gasteiger partial charge in [0, 0.05) is 24.2 Å². The Balaban J connectivity index is 2.50. The van der Waals surface area contributed by atoms with Crippen LogP contribution in [-0.4, -0.2) is 18.2 Å². The maximum Gasteiger partial charge on any atom is 0.407 e. The summed E-state index contributed by atoms with van der Waals surface area (Å²) in [5, 5.41) is 2.60. The third kappa shape index (κ3) is 6.17. The minimum atomic E-state index is -0.522. The van der Waals surface area contributed by atoms with E-state index in [9.17, 15) is 9.18 Å². The number of anilines is 1. The number of nitrogen functional groups attached to an aromatic ring is 1. The molecule has 0 radical (unpaired) electrons. The molecule has 1 amide bonds. The topological polar surface area (TPSA) is 64.3 Å². The molecule has 21 heavy (non-hydrogen) atoms. The zero-order chi connectivity index (χ0) is 16.0. The van der Waals surface area contributed by atoms with Gasteiger partial charge in [0.05, 0.1) is 0 Å². The van der Waals surface area contributed by atoms with E-state index >= 15 is 0 Å². The van der Waals surface area contributed by atoms with Gasteiger partial charge in [0.25, 0.3) is 0 Å². The fraction of sp³-hybridized carbons (Fsp3) is 0.438. The molecule has 114 valence electrons. The maximum absolute atomic E-state index is 13.2. The maximum atomic E-state index is 13.2. The summed E-state index contributed by atoms with van der Waals surface area (Å²) >= 11 is 0. The molecule has 0 heterocycles. The normalized spacial score (nSPS) is 10.5. The molecular formula is C16H21FN2O2. The van der Waals surface area contributed by atoms with Crippen LogP contribution in [0.15, 0.2) is 12.1 Å². The van der Waals surface area contributed by atoms with Gasteiger partial charge in [-0.1, -0.05) is 11.8 Å². The number of amides is 1. The van der Waals surface area contributed by atoms with E-state index in [0.29, 0.717) is 24.2 Å². The quantitative estimate of drug-likeness (QED) is 0.500. The molecule has 1 aromatic carbocycles. The van der Waals surface area contributed by atoms with Gasteiger partial charge >= 0.3 is 6.09 Å². The molecule has 0 aliphatic carbocycles. The number of hydrogen-bond acceptors (Lipinski definition) is 3. The van der Waals surface area contributed by atoms with E-state index in [1.165, 1.54) is 12.1 Å². The number of hydrogen-bond donors (Lipinski definition) is 2. The summed E-state index contributed by atoms with van der Waals surface area (Å²) in [6.07, 6.45) is -0.0368. The molecule has 0 fully saturated rings. The molecule has 4 nitrogen and oxygen atoms in total. The van der Waals surface area contributed by atoms with E-state index in [4.69, 9.17) is 10.5 Å². The van der Waals surface area contributed by atoms with Gasteiger partial charge in [-0.3, -0.25) is 0 Å². The Morgan fingerprint density at radius 2 is 2.10 bits per heavy atom. The lowest BCUT2D eigenvalue weighted by molar-refractivity contribution is 0.0529. The van der Waals surface area contributed by atoms with Crippen molar-refractivity contribution in [3.8, 4) is 11.8 Å². The minimum absolute atomic E-state index is 0.367. The van der Waals surface area contributed by atoms with Crippen molar-refractivity contribution in [2.24, 2.45) is 0 Å². The minimum Gasteiger partial charge on any atom is -0.444 e. The second-order valence-corrected chi connectivity index (χ2v) is 5.65. The van der Waals surface area contributed by atoms with Crippen LogP contribution in [0, 0.1) is 24.6 Å². The largest absolute Gasteiger partial charge is 0.444 e. The van der Waals surface area contributed by atoms with Crippen molar-refractivity contribution in [1.29, 1.82) is 0 Å². The Kier molecular flexibility index (Phi) is 5.60. The summed E-state index contributed by atoms with van der Waals surface area (Å²) < 4.78 is 18.3. The summed E-state index contributed by atoms with van der Waals surface area (Å²) in [4.78, 5) is 11.4. The predicted molar refractivity (Wildman–Crippen MR) is 81.3 cm³/mol. The summed E-state index contributed by atoms with van der Waals surface area (Å²) in [7, 11) is 0. The first-order valence-corrected chi connectivity index (χ1v) is 6.70. The van der Waals surface area contributed by atoms with Crippen molar-refractivity contribution in [3.05, 3.63) is 29.1 Å². The molecule has 3 N–H and O–H groups in total. The highest BCUT2D eigenvalue weighted by atomic mass is 19.1. The number of rotatable bonds is 2. The molecule has 0 aromatic heterocycles. The first kappa shape index (κ1) is 16.8. The molecule has 0 saturated heterocycles. The number of nitrogens with two attached hydrogens (primary N) is 1. The number of nitrogens with one attached hydrogen (secondary N) is 1. The first-order valence-electron chi connectivity index (χ1n) is 6.70. The lowest BCUT2D eigenvalue weighted by atomic mass is 10.1. The zero-order valence-corrected chi connectivity index (χ0v) is 12.8. The molecule has 0 bridgehead atoms. The zero-order valence-electron chi connectivity index (χ0n) is 12.8. The molecule has 0 aliphatic heterocycles. The molecule has 0 spiro atoms. The van der Waals surface area contributed by atoms with E-state index < -0.39 is 17.5 Å². The van der Waals surface area contributed by atoms with E-state index in [2.05, 4.69) is 17.2 Å². The standard InChI is InChI=1S/C16H21FN2O2/c1-11-12(9-13(17)10-14(11)18)7-5-6-8-19-15(20)21-16(2,3)4/h9-10H,6,8,18H2,1-4H3,(H,19,20). The first-order chi connectivity index (χ1) is 9.69. The molecule has 5 heteroatoms. The number of carbonyl (C=O) groups excluding carboxylic acids is 1. The third-order valence-electron chi connectivity index (χ3n) is 2.55. The Morgan fingerprint density at radius 1 is 1.43 bits per heavy atom. The van der Waals surface area contributed by atoms with Crippen LogP contribution in [0.1, 0.15) is 38.3 Å². The van der Waals surface area contributed by atoms with Gasteiger partial charge in [0.2, 0.25) is 0 Å². The van der Waals surface area contributed by atoms with Crippen LogP contribution < -0.4 is 11.1 Å². The Bertz CT molecular complexity index is 580. The molecule has 0 aliphatic rings. The monoisotopic (exact) mass is 292 g/mol. The van der Waals surface area contributed by atoms with Crippen molar-refractivity contribution in [2.45, 2.75) is 39.7 Å². The van der Waals surface area contributed by atoms with Gasteiger partial charge in [0.15, 0.2) is 0 Å². The summed E-state index contributed by atoms with van der Waals surface area (Å²) in [6, 6.07) is 2.62. The Hall–Kier alpha value is -2.22. The fourth-order valence-electron chi connectivity index (χ4n) is 1.53. The fourth-order valence-corrected chi connectivity index (χ4v) is 1.53. The second-order valence-electron chi connectivity index (χ2n) is 5.65. The van der Waals surface area contributed by atoms with Gasteiger partial charge < -0.3 is 15.8 Å². The molecule has 1 aromatic rings. The van der Waals surface area contributed by atoms with E-state index in [-0.39, 0.29) is 0 Å². The van der Waals surface area contributed by atoms with Gasteiger partial charge in [-0.25, -0.2) is 9.18 Å². The van der Waals surface area contributed by atoms with Crippen LogP contribution >= 0.6 is 0 Å². The van der Waals surface area contributed by atoms with Crippen LogP contribution in [0.25, 0.3) is 0 Å². The van der Waals surface area contributed by atoms with Crippen LogP contribution in [0.5, 0.6) is 0 Å². The van der Waals surface area contributed by atoms with Crippen LogP contribution in [0.2, 0.25) is 0 Å². The van der Waals surface area contributed by atoms with Crippen molar-refractivity contribution in [1.82, 2.24) is 5.32 Å². The lowest BCUT2D eigenvalue weighted by Crippen LogP contribution is -2.32. The van der Waals surface area contributed by atoms with Crippen molar-refractivity contribution in [2.75, 3.05) is 12.3 Å². The van der Waals surface area contributed by atoms with Gasteiger partial charge in [-0.2, -0.15) is 0 Å². The average molecular weight is 292 g/mol. The highest BCUT2D eigenvalue weighted by molar-refractivity contribution is 5.67. The summed E-state index contributed by atoms with van der Waals surface area (Å²) in [6.45, 7) is 7.54.